The molecule has 0 unspecified atom stereocenters. The van der Waals surface area contributed by atoms with Gasteiger partial charge in [-0.15, -0.1) is 4.68 Å². The average Bonchev–Trinajstić information content (AvgIpc) is 2.64. The summed E-state index contributed by atoms with van der Waals surface area (Å²) in [5.41, 5.74) is 3.89. The summed E-state index contributed by atoms with van der Waals surface area (Å²) in [6.07, 6.45) is 3.22. The fourth-order valence-corrected chi connectivity index (χ4v) is 2.33. The summed E-state index contributed by atoms with van der Waals surface area (Å²) in [6.45, 7) is 6.03. The predicted octanol–water partition coefficient (Wildman–Crippen LogP) is 1.34. The van der Waals surface area contributed by atoms with Crippen LogP contribution in [-0.2, 0) is 7.05 Å². The lowest BCUT2D eigenvalue weighted by molar-refractivity contribution is -0.732. The van der Waals surface area contributed by atoms with Crippen molar-refractivity contribution in [1.82, 2.24) is 15.4 Å². The van der Waals surface area contributed by atoms with E-state index in [1.54, 1.807) is 24.5 Å². The Balaban J connectivity index is 2.18. The number of carbonyl (C=O) groups is 1. The van der Waals surface area contributed by atoms with Crippen LogP contribution in [0, 0.1) is 13.8 Å². The van der Waals surface area contributed by atoms with Gasteiger partial charge in [-0.2, -0.15) is 5.10 Å². The smallest absolute Gasteiger partial charge is 0.253 e. The van der Waals surface area contributed by atoms with E-state index in [0.29, 0.717) is 5.56 Å². The van der Waals surface area contributed by atoms with Gasteiger partial charge in [0.05, 0.1) is 22.9 Å². The first-order chi connectivity index (χ1) is 9.00. The molecule has 0 bridgehead atoms. The second-order valence-corrected chi connectivity index (χ2v) is 4.73. The summed E-state index contributed by atoms with van der Waals surface area (Å²) >= 11 is 0. The van der Waals surface area contributed by atoms with E-state index >= 15 is 0 Å². The molecule has 1 amide bonds. The van der Waals surface area contributed by atoms with Gasteiger partial charge in [0.15, 0.2) is 7.05 Å². The summed E-state index contributed by atoms with van der Waals surface area (Å²) in [6, 6.07) is 3.46. The van der Waals surface area contributed by atoms with E-state index in [0.717, 1.165) is 17.0 Å². The van der Waals surface area contributed by atoms with Crippen LogP contribution in [0.5, 0.6) is 0 Å². The number of amides is 1. The monoisotopic (exact) mass is 259 g/mol. The molecule has 0 aliphatic heterocycles. The van der Waals surface area contributed by atoms with Crippen molar-refractivity contribution in [3.05, 3.63) is 47.0 Å². The first kappa shape index (κ1) is 13.3. The number of H-pyrrole nitrogens is 1. The third-order valence-electron chi connectivity index (χ3n) is 3.34. The molecule has 0 aromatic carbocycles. The molecule has 0 saturated heterocycles. The van der Waals surface area contributed by atoms with Crippen LogP contribution in [0.4, 0.5) is 0 Å². The third-order valence-corrected chi connectivity index (χ3v) is 3.34. The Kier molecular flexibility index (Phi) is 3.64. The number of aromatic nitrogens is 3. The Hall–Kier alpha value is -2.17. The second-order valence-electron chi connectivity index (χ2n) is 4.73. The first-order valence-electron chi connectivity index (χ1n) is 6.26. The van der Waals surface area contributed by atoms with Crippen molar-refractivity contribution in [3.8, 4) is 0 Å². The predicted molar refractivity (Wildman–Crippen MR) is 71.6 cm³/mol. The molecule has 19 heavy (non-hydrogen) atoms. The maximum atomic E-state index is 12.1. The Morgan fingerprint density at radius 3 is 2.74 bits per heavy atom. The SMILES string of the molecule is Cc1[nH][n+](C)c(C)c1[C@@H](C)NC(=O)c1cccnc1. The Labute approximate surface area is 112 Å². The lowest BCUT2D eigenvalue weighted by Crippen LogP contribution is -2.34. The van der Waals surface area contributed by atoms with Crippen LogP contribution < -0.4 is 10.00 Å². The maximum absolute atomic E-state index is 12.1. The Bertz CT molecular complexity index is 589. The number of rotatable bonds is 3. The number of nitrogens with one attached hydrogen (secondary N) is 2. The van der Waals surface area contributed by atoms with Crippen molar-refractivity contribution < 1.29 is 9.48 Å². The zero-order valence-corrected chi connectivity index (χ0v) is 11.7. The zero-order valence-electron chi connectivity index (χ0n) is 11.7. The summed E-state index contributed by atoms with van der Waals surface area (Å²) in [5, 5.41) is 6.22. The molecule has 2 aromatic rings. The summed E-state index contributed by atoms with van der Waals surface area (Å²) < 4.78 is 1.96. The molecule has 0 aliphatic carbocycles. The van der Waals surface area contributed by atoms with Crippen molar-refractivity contribution in [2.45, 2.75) is 26.8 Å². The normalized spacial score (nSPS) is 12.2. The highest BCUT2D eigenvalue weighted by atomic mass is 16.1. The molecule has 5 heteroatoms. The largest absolute Gasteiger partial charge is 0.345 e. The standard InChI is InChI=1S/C14H18N4O/c1-9(13-10(2)17-18(4)11(13)3)16-14(19)12-6-5-7-15-8-12/h5-9H,1-4H3,(H,16,19)/p+1/t9-/m1/s1. The minimum absolute atomic E-state index is 0.0508. The van der Waals surface area contributed by atoms with Gasteiger partial charge >= 0.3 is 0 Å². The summed E-state index contributed by atoms with van der Waals surface area (Å²) in [5.74, 6) is -0.108. The minimum atomic E-state index is -0.108. The number of hydrogen-bond donors (Lipinski definition) is 2. The van der Waals surface area contributed by atoms with Gasteiger partial charge in [-0.25, -0.2) is 0 Å². The van der Waals surface area contributed by atoms with Crippen molar-refractivity contribution in [2.75, 3.05) is 0 Å². The Morgan fingerprint density at radius 1 is 1.47 bits per heavy atom. The van der Waals surface area contributed by atoms with Crippen LogP contribution in [0.2, 0.25) is 0 Å². The molecule has 2 aromatic heterocycles. The van der Waals surface area contributed by atoms with Crippen LogP contribution in [0.3, 0.4) is 0 Å². The van der Waals surface area contributed by atoms with Crippen LogP contribution in [0.15, 0.2) is 24.5 Å². The lowest BCUT2D eigenvalue weighted by Gasteiger charge is -2.12. The van der Waals surface area contributed by atoms with Crippen molar-refractivity contribution in [1.29, 1.82) is 0 Å². The van der Waals surface area contributed by atoms with Crippen LogP contribution in [0.1, 0.15) is 40.3 Å². The fraction of sp³-hybridized carbons (Fsp3) is 0.357. The van der Waals surface area contributed by atoms with Crippen LogP contribution in [-0.4, -0.2) is 16.0 Å². The van der Waals surface area contributed by atoms with E-state index in [4.69, 9.17) is 0 Å². The maximum Gasteiger partial charge on any atom is 0.253 e. The average molecular weight is 259 g/mol. The van der Waals surface area contributed by atoms with Gasteiger partial charge in [0.2, 0.25) is 5.69 Å². The number of hydrogen-bond acceptors (Lipinski definition) is 2. The minimum Gasteiger partial charge on any atom is -0.345 e. The third kappa shape index (κ3) is 2.65. The molecule has 5 nitrogen and oxygen atoms in total. The van der Waals surface area contributed by atoms with Gasteiger partial charge in [0, 0.05) is 19.3 Å². The number of pyridine rings is 1. The van der Waals surface area contributed by atoms with E-state index in [1.165, 1.54) is 0 Å². The van der Waals surface area contributed by atoms with Crippen molar-refractivity contribution in [3.63, 3.8) is 0 Å². The number of aryl methyl sites for hydroxylation is 2. The van der Waals surface area contributed by atoms with Gasteiger partial charge in [-0.05, 0) is 26.0 Å². The first-order valence-corrected chi connectivity index (χ1v) is 6.26. The molecule has 2 rings (SSSR count). The van der Waals surface area contributed by atoms with Crippen LogP contribution >= 0.6 is 0 Å². The molecule has 0 saturated carbocycles. The molecule has 2 N–H and O–H groups in total. The van der Waals surface area contributed by atoms with Crippen molar-refractivity contribution >= 4 is 5.91 Å². The quantitative estimate of drug-likeness (QED) is 0.817. The van der Waals surface area contributed by atoms with Crippen molar-refractivity contribution in [2.24, 2.45) is 7.05 Å². The van der Waals surface area contributed by atoms with E-state index in [9.17, 15) is 4.79 Å². The molecule has 100 valence electrons. The number of carbonyl (C=O) groups excluding carboxylic acids is 1. The highest BCUT2D eigenvalue weighted by Crippen LogP contribution is 2.18. The molecule has 0 spiro atoms. The molecule has 2 heterocycles. The number of aromatic amines is 1. The van der Waals surface area contributed by atoms with E-state index < -0.39 is 0 Å². The zero-order chi connectivity index (χ0) is 14.0. The van der Waals surface area contributed by atoms with Gasteiger partial charge in [0.1, 0.15) is 0 Å². The van der Waals surface area contributed by atoms with Gasteiger partial charge < -0.3 is 5.32 Å². The van der Waals surface area contributed by atoms with E-state index in [2.05, 4.69) is 15.4 Å². The van der Waals surface area contributed by atoms with Gasteiger partial charge in [-0.1, -0.05) is 0 Å². The number of nitrogens with zero attached hydrogens (tertiary/aromatic N) is 2. The molecular weight excluding hydrogens is 240 g/mol. The highest BCUT2D eigenvalue weighted by Gasteiger charge is 2.22. The van der Waals surface area contributed by atoms with Gasteiger partial charge in [-0.3, -0.25) is 9.78 Å². The van der Waals surface area contributed by atoms with E-state index in [1.807, 2.05) is 32.5 Å². The fourth-order valence-electron chi connectivity index (χ4n) is 2.33. The lowest BCUT2D eigenvalue weighted by atomic mass is 10.1. The Morgan fingerprint density at radius 2 is 2.21 bits per heavy atom. The molecular formula is C14H19N4O+. The molecule has 0 fully saturated rings. The molecule has 1 atom stereocenters. The molecule has 0 aliphatic rings. The van der Waals surface area contributed by atoms with Gasteiger partial charge in [0.25, 0.3) is 5.91 Å². The topological polar surface area (TPSA) is 61.7 Å². The molecule has 0 radical (unpaired) electrons. The summed E-state index contributed by atoms with van der Waals surface area (Å²) in [7, 11) is 1.96. The second kappa shape index (κ2) is 5.22. The highest BCUT2D eigenvalue weighted by molar-refractivity contribution is 5.94. The van der Waals surface area contributed by atoms with E-state index in [-0.39, 0.29) is 11.9 Å². The summed E-state index contributed by atoms with van der Waals surface area (Å²) in [4.78, 5) is 16.0. The van der Waals surface area contributed by atoms with Crippen LogP contribution in [0.25, 0.3) is 0 Å².